The maximum atomic E-state index is 13.0. The van der Waals surface area contributed by atoms with E-state index in [1.807, 2.05) is 30.3 Å². The minimum atomic E-state index is -0.333. The molecule has 0 saturated heterocycles. The molecule has 0 aliphatic rings. The molecule has 6 heteroatoms. The first-order chi connectivity index (χ1) is 10.2. The Balaban J connectivity index is 1.70. The molecule has 3 rings (SSSR count). The fraction of sp³-hybridized carbons (Fsp3) is 0.0667. The Labute approximate surface area is 128 Å². The van der Waals surface area contributed by atoms with Crippen LogP contribution in [0.15, 0.2) is 57.5 Å². The molecule has 0 spiro atoms. The zero-order valence-corrected chi connectivity index (χ0v) is 12.4. The molecule has 1 heterocycles. The van der Waals surface area contributed by atoms with E-state index < -0.39 is 0 Å². The summed E-state index contributed by atoms with van der Waals surface area (Å²) in [6, 6.07) is 13.7. The van der Waals surface area contributed by atoms with Gasteiger partial charge in [0.05, 0.1) is 4.47 Å². The smallest absolute Gasteiger partial charge is 0.258 e. The standard InChI is InChI=1S/C15H10BrFN2O2/c16-12-8-11(17)6-7-13(12)20-9-14-18-15(21-19-14)10-4-2-1-3-5-10/h1-8H,9H2. The summed E-state index contributed by atoms with van der Waals surface area (Å²) in [5.74, 6) is 1.04. The van der Waals surface area contributed by atoms with Crippen LogP contribution in [0.3, 0.4) is 0 Å². The van der Waals surface area contributed by atoms with Crippen LogP contribution in [0, 0.1) is 5.82 Å². The van der Waals surface area contributed by atoms with Crippen LogP contribution in [0.1, 0.15) is 5.82 Å². The highest BCUT2D eigenvalue weighted by Gasteiger charge is 2.10. The van der Waals surface area contributed by atoms with Crippen molar-refractivity contribution in [1.82, 2.24) is 10.1 Å². The first-order valence-electron chi connectivity index (χ1n) is 6.18. The van der Waals surface area contributed by atoms with Crippen LogP contribution in [0.5, 0.6) is 5.75 Å². The van der Waals surface area contributed by atoms with Crippen LogP contribution in [0.4, 0.5) is 4.39 Å². The third-order valence-electron chi connectivity index (χ3n) is 2.74. The molecular formula is C15H10BrFN2O2. The van der Waals surface area contributed by atoms with Gasteiger partial charge in [0.1, 0.15) is 11.6 Å². The van der Waals surface area contributed by atoms with E-state index in [1.165, 1.54) is 18.2 Å². The predicted molar refractivity (Wildman–Crippen MR) is 78.2 cm³/mol. The van der Waals surface area contributed by atoms with Crippen LogP contribution >= 0.6 is 15.9 Å². The number of nitrogens with zero attached hydrogens (tertiary/aromatic N) is 2. The van der Waals surface area contributed by atoms with E-state index in [0.29, 0.717) is 21.9 Å². The Morgan fingerprint density at radius 3 is 2.71 bits per heavy atom. The molecule has 0 aliphatic heterocycles. The summed E-state index contributed by atoms with van der Waals surface area (Å²) in [6.45, 7) is 0.139. The molecule has 0 fully saturated rings. The van der Waals surface area contributed by atoms with Gasteiger partial charge in [-0.15, -0.1) is 0 Å². The van der Waals surface area contributed by atoms with Gasteiger partial charge < -0.3 is 9.26 Å². The van der Waals surface area contributed by atoms with Gasteiger partial charge in [0.15, 0.2) is 6.61 Å². The minimum absolute atomic E-state index is 0.139. The number of hydrogen-bond acceptors (Lipinski definition) is 4. The van der Waals surface area contributed by atoms with E-state index >= 15 is 0 Å². The van der Waals surface area contributed by atoms with E-state index in [1.54, 1.807) is 0 Å². The number of benzene rings is 2. The van der Waals surface area contributed by atoms with E-state index in [2.05, 4.69) is 26.1 Å². The summed E-state index contributed by atoms with van der Waals surface area (Å²) in [6.07, 6.45) is 0. The Morgan fingerprint density at radius 1 is 1.14 bits per heavy atom. The molecule has 0 radical (unpaired) electrons. The van der Waals surface area contributed by atoms with Gasteiger partial charge in [-0.1, -0.05) is 23.4 Å². The molecular weight excluding hydrogens is 339 g/mol. The lowest BCUT2D eigenvalue weighted by molar-refractivity contribution is 0.285. The number of halogens is 2. The number of aromatic nitrogens is 2. The summed E-state index contributed by atoms with van der Waals surface area (Å²) in [4.78, 5) is 4.25. The highest BCUT2D eigenvalue weighted by molar-refractivity contribution is 9.10. The number of rotatable bonds is 4. The Hall–Kier alpha value is -2.21. The molecule has 0 amide bonds. The fourth-order valence-electron chi connectivity index (χ4n) is 1.75. The third kappa shape index (κ3) is 3.28. The molecule has 2 aromatic carbocycles. The van der Waals surface area contributed by atoms with Crippen molar-refractivity contribution in [2.75, 3.05) is 0 Å². The van der Waals surface area contributed by atoms with Crippen molar-refractivity contribution in [2.45, 2.75) is 6.61 Å². The predicted octanol–water partition coefficient (Wildman–Crippen LogP) is 4.22. The lowest BCUT2D eigenvalue weighted by Crippen LogP contribution is -1.98. The van der Waals surface area contributed by atoms with Crippen LogP contribution in [-0.4, -0.2) is 10.1 Å². The van der Waals surface area contributed by atoms with Gasteiger partial charge in [-0.25, -0.2) is 4.39 Å². The molecule has 0 unspecified atom stereocenters. The molecule has 21 heavy (non-hydrogen) atoms. The summed E-state index contributed by atoms with van der Waals surface area (Å²) in [5, 5.41) is 3.85. The Bertz CT molecular complexity index is 746. The maximum absolute atomic E-state index is 13.0. The summed E-state index contributed by atoms with van der Waals surface area (Å²) in [7, 11) is 0. The van der Waals surface area contributed by atoms with E-state index in [-0.39, 0.29) is 12.4 Å². The van der Waals surface area contributed by atoms with Crippen LogP contribution < -0.4 is 4.74 Å². The van der Waals surface area contributed by atoms with Crippen LogP contribution in [-0.2, 0) is 6.61 Å². The van der Waals surface area contributed by atoms with Crippen molar-refractivity contribution in [3.63, 3.8) is 0 Å². The SMILES string of the molecule is Fc1ccc(OCc2noc(-c3ccccc3)n2)c(Br)c1. The van der Waals surface area contributed by atoms with Gasteiger partial charge in [-0.05, 0) is 46.3 Å². The lowest BCUT2D eigenvalue weighted by atomic mass is 10.2. The topological polar surface area (TPSA) is 48.2 Å². The van der Waals surface area contributed by atoms with Crippen molar-refractivity contribution >= 4 is 15.9 Å². The first kappa shape index (κ1) is 13.8. The quantitative estimate of drug-likeness (QED) is 0.708. The van der Waals surface area contributed by atoms with Crippen molar-refractivity contribution in [1.29, 1.82) is 0 Å². The third-order valence-corrected chi connectivity index (χ3v) is 3.36. The highest BCUT2D eigenvalue weighted by Crippen LogP contribution is 2.26. The zero-order chi connectivity index (χ0) is 14.7. The number of ether oxygens (including phenoxy) is 1. The lowest BCUT2D eigenvalue weighted by Gasteiger charge is -2.05. The second-order valence-electron chi connectivity index (χ2n) is 4.25. The van der Waals surface area contributed by atoms with Crippen molar-refractivity contribution in [3.8, 4) is 17.2 Å². The number of hydrogen-bond donors (Lipinski definition) is 0. The summed E-state index contributed by atoms with van der Waals surface area (Å²) >= 11 is 3.23. The monoisotopic (exact) mass is 348 g/mol. The molecule has 0 bridgehead atoms. The Morgan fingerprint density at radius 2 is 1.95 bits per heavy atom. The van der Waals surface area contributed by atoms with Gasteiger partial charge >= 0.3 is 0 Å². The molecule has 3 aromatic rings. The normalized spacial score (nSPS) is 10.6. The second-order valence-corrected chi connectivity index (χ2v) is 5.10. The summed E-state index contributed by atoms with van der Waals surface area (Å²) < 4.78 is 24.2. The molecule has 0 atom stereocenters. The van der Waals surface area contributed by atoms with E-state index in [0.717, 1.165) is 5.56 Å². The van der Waals surface area contributed by atoms with Crippen LogP contribution in [0.2, 0.25) is 0 Å². The average molecular weight is 349 g/mol. The van der Waals surface area contributed by atoms with Crippen molar-refractivity contribution in [2.24, 2.45) is 0 Å². The highest BCUT2D eigenvalue weighted by atomic mass is 79.9. The zero-order valence-electron chi connectivity index (χ0n) is 10.8. The Kier molecular flexibility index (Phi) is 3.96. The van der Waals surface area contributed by atoms with Gasteiger partial charge in [0, 0.05) is 5.56 Å². The molecule has 0 saturated carbocycles. The molecule has 4 nitrogen and oxygen atoms in total. The van der Waals surface area contributed by atoms with Gasteiger partial charge in [-0.2, -0.15) is 4.98 Å². The van der Waals surface area contributed by atoms with Crippen molar-refractivity contribution in [3.05, 3.63) is 64.6 Å². The van der Waals surface area contributed by atoms with E-state index in [9.17, 15) is 4.39 Å². The van der Waals surface area contributed by atoms with Gasteiger partial charge in [0.25, 0.3) is 5.89 Å². The second kappa shape index (κ2) is 6.05. The van der Waals surface area contributed by atoms with E-state index in [4.69, 9.17) is 9.26 Å². The van der Waals surface area contributed by atoms with Crippen molar-refractivity contribution < 1.29 is 13.7 Å². The maximum Gasteiger partial charge on any atom is 0.258 e. The minimum Gasteiger partial charge on any atom is -0.484 e. The van der Waals surface area contributed by atoms with Crippen LogP contribution in [0.25, 0.3) is 11.5 Å². The molecule has 1 aromatic heterocycles. The molecule has 0 aliphatic carbocycles. The largest absolute Gasteiger partial charge is 0.484 e. The van der Waals surface area contributed by atoms with Gasteiger partial charge in [0.2, 0.25) is 5.82 Å². The summed E-state index contributed by atoms with van der Waals surface area (Å²) in [5.41, 5.74) is 0.846. The van der Waals surface area contributed by atoms with Gasteiger partial charge in [-0.3, -0.25) is 0 Å². The average Bonchev–Trinajstić information content (AvgIpc) is 2.96. The fourth-order valence-corrected chi connectivity index (χ4v) is 2.21. The molecule has 0 N–H and O–H groups in total. The molecule has 106 valence electrons. The first-order valence-corrected chi connectivity index (χ1v) is 6.97.